The highest BCUT2D eigenvalue weighted by Crippen LogP contribution is 2.09. The molecule has 2 N–H and O–H groups in total. The average molecular weight is 279 g/mol. The third-order valence-electron chi connectivity index (χ3n) is 3.23. The lowest BCUT2D eigenvalue weighted by Crippen LogP contribution is -2.48. The van der Waals surface area contributed by atoms with Crippen LogP contribution in [-0.4, -0.2) is 46.3 Å². The normalized spacial score (nSPS) is 14.8. The number of hydrogen-bond donors (Lipinski definition) is 2. The minimum absolute atomic E-state index is 0.384. The van der Waals surface area contributed by atoms with Crippen molar-refractivity contribution in [1.82, 2.24) is 15.2 Å². The van der Waals surface area contributed by atoms with Gasteiger partial charge >= 0.3 is 0 Å². The summed E-state index contributed by atoms with van der Waals surface area (Å²) in [6.45, 7) is 13.1. The third kappa shape index (κ3) is 6.46. The fraction of sp³-hybridized carbons (Fsp3) is 0.688. The lowest BCUT2D eigenvalue weighted by atomic mass is 10.1. The molecule has 0 saturated heterocycles. The summed E-state index contributed by atoms with van der Waals surface area (Å²) in [5, 5.41) is 13.8. The van der Waals surface area contributed by atoms with Crippen LogP contribution < -0.4 is 5.32 Å². The second kappa shape index (κ2) is 7.72. The lowest BCUT2D eigenvalue weighted by Gasteiger charge is -2.31. The highest BCUT2D eigenvalue weighted by molar-refractivity contribution is 5.09. The molecule has 0 amide bonds. The molecule has 1 aromatic rings. The van der Waals surface area contributed by atoms with Crippen molar-refractivity contribution in [3.8, 4) is 0 Å². The Morgan fingerprint density at radius 2 is 2.10 bits per heavy atom. The van der Waals surface area contributed by atoms with Crippen LogP contribution in [0.3, 0.4) is 0 Å². The predicted molar refractivity (Wildman–Crippen MR) is 83.7 cm³/mol. The Kier molecular flexibility index (Phi) is 6.59. The monoisotopic (exact) mass is 279 g/mol. The maximum Gasteiger partial charge on any atom is 0.0869 e. The Balaban J connectivity index is 2.58. The van der Waals surface area contributed by atoms with E-state index in [9.17, 15) is 5.11 Å². The zero-order chi connectivity index (χ0) is 15.2. The minimum Gasteiger partial charge on any atom is -0.388 e. The van der Waals surface area contributed by atoms with Crippen molar-refractivity contribution in [2.24, 2.45) is 0 Å². The molecule has 4 nitrogen and oxygen atoms in total. The minimum atomic E-state index is -0.732. The first kappa shape index (κ1) is 17.1. The van der Waals surface area contributed by atoms with Gasteiger partial charge in [0.1, 0.15) is 0 Å². The zero-order valence-corrected chi connectivity index (χ0v) is 13.5. The van der Waals surface area contributed by atoms with Gasteiger partial charge in [0, 0.05) is 31.4 Å². The van der Waals surface area contributed by atoms with E-state index in [0.29, 0.717) is 19.1 Å². The number of hydrogen-bond acceptors (Lipinski definition) is 4. The van der Waals surface area contributed by atoms with E-state index in [4.69, 9.17) is 0 Å². The Labute approximate surface area is 123 Å². The molecule has 0 spiro atoms. The second-order valence-electron chi connectivity index (χ2n) is 6.11. The van der Waals surface area contributed by atoms with E-state index in [-0.39, 0.29) is 0 Å². The van der Waals surface area contributed by atoms with Crippen LogP contribution in [0, 0.1) is 6.92 Å². The average Bonchev–Trinajstić information content (AvgIpc) is 2.35. The van der Waals surface area contributed by atoms with Crippen molar-refractivity contribution >= 4 is 0 Å². The van der Waals surface area contributed by atoms with Crippen LogP contribution in [0.15, 0.2) is 18.2 Å². The third-order valence-corrected chi connectivity index (χ3v) is 3.23. The Morgan fingerprint density at radius 3 is 2.65 bits per heavy atom. The van der Waals surface area contributed by atoms with Gasteiger partial charge < -0.3 is 10.4 Å². The van der Waals surface area contributed by atoms with Gasteiger partial charge in [-0.05, 0) is 32.5 Å². The molecule has 0 bridgehead atoms. The van der Waals surface area contributed by atoms with E-state index in [1.807, 2.05) is 32.0 Å². The molecule has 0 aliphatic carbocycles. The van der Waals surface area contributed by atoms with Gasteiger partial charge in [-0.2, -0.15) is 0 Å². The number of pyridine rings is 1. The van der Waals surface area contributed by atoms with Crippen molar-refractivity contribution in [1.29, 1.82) is 0 Å². The Hall–Kier alpha value is -0.970. The van der Waals surface area contributed by atoms with Gasteiger partial charge in [-0.3, -0.25) is 9.88 Å². The van der Waals surface area contributed by atoms with Crippen LogP contribution >= 0.6 is 0 Å². The van der Waals surface area contributed by atoms with Crippen molar-refractivity contribution in [2.75, 3.05) is 19.6 Å². The molecule has 1 heterocycles. The molecule has 4 heteroatoms. The number of aliphatic hydroxyl groups is 1. The summed E-state index contributed by atoms with van der Waals surface area (Å²) in [6, 6.07) is 6.46. The van der Waals surface area contributed by atoms with E-state index < -0.39 is 5.60 Å². The summed E-state index contributed by atoms with van der Waals surface area (Å²) in [6.07, 6.45) is 0. The maximum atomic E-state index is 10.5. The fourth-order valence-electron chi connectivity index (χ4n) is 2.16. The number of likely N-dealkylation sites (N-methyl/N-ethyl adjacent to an activating group) is 1. The van der Waals surface area contributed by atoms with Gasteiger partial charge in [0.2, 0.25) is 0 Å². The van der Waals surface area contributed by atoms with E-state index in [0.717, 1.165) is 24.5 Å². The maximum absolute atomic E-state index is 10.5. The van der Waals surface area contributed by atoms with Gasteiger partial charge in [0.15, 0.2) is 0 Å². The van der Waals surface area contributed by atoms with Gasteiger partial charge in [-0.15, -0.1) is 0 Å². The number of rotatable bonds is 8. The molecule has 0 aliphatic heterocycles. The van der Waals surface area contributed by atoms with E-state index in [1.165, 1.54) is 0 Å². The van der Waals surface area contributed by atoms with Crippen LogP contribution in [0.1, 0.15) is 39.1 Å². The second-order valence-corrected chi connectivity index (χ2v) is 6.11. The van der Waals surface area contributed by atoms with Crippen LogP contribution in [0.2, 0.25) is 0 Å². The van der Waals surface area contributed by atoms with Gasteiger partial charge in [0.05, 0.1) is 11.3 Å². The Morgan fingerprint density at radius 1 is 1.40 bits per heavy atom. The summed E-state index contributed by atoms with van der Waals surface area (Å²) in [5.74, 6) is 0. The SMILES string of the molecule is CCN(Cc1cccc(C)n1)CC(C)(O)CNC(C)C. The smallest absolute Gasteiger partial charge is 0.0869 e. The molecular weight excluding hydrogens is 250 g/mol. The molecule has 0 aromatic carbocycles. The van der Waals surface area contributed by atoms with Crippen molar-refractivity contribution in [3.63, 3.8) is 0 Å². The summed E-state index contributed by atoms with van der Waals surface area (Å²) >= 11 is 0. The molecule has 1 aromatic heterocycles. The highest BCUT2D eigenvalue weighted by Gasteiger charge is 2.23. The van der Waals surface area contributed by atoms with Gasteiger partial charge in [-0.1, -0.05) is 26.8 Å². The predicted octanol–water partition coefficient (Wildman–Crippen LogP) is 1.96. The first-order chi connectivity index (χ1) is 9.32. The summed E-state index contributed by atoms with van der Waals surface area (Å²) in [4.78, 5) is 6.75. The largest absolute Gasteiger partial charge is 0.388 e. The number of nitrogens with one attached hydrogen (secondary N) is 1. The van der Waals surface area contributed by atoms with Crippen molar-refractivity contribution in [3.05, 3.63) is 29.6 Å². The molecule has 1 atom stereocenters. The molecule has 0 fully saturated rings. The summed E-state index contributed by atoms with van der Waals surface area (Å²) in [5.41, 5.74) is 1.36. The van der Waals surface area contributed by atoms with Crippen LogP contribution in [0.5, 0.6) is 0 Å². The molecule has 114 valence electrons. The van der Waals surface area contributed by atoms with Crippen molar-refractivity contribution in [2.45, 2.75) is 52.8 Å². The zero-order valence-electron chi connectivity index (χ0n) is 13.5. The first-order valence-corrected chi connectivity index (χ1v) is 7.43. The van der Waals surface area contributed by atoms with E-state index >= 15 is 0 Å². The van der Waals surface area contributed by atoms with Crippen LogP contribution in [0.25, 0.3) is 0 Å². The lowest BCUT2D eigenvalue weighted by molar-refractivity contribution is 0.0174. The molecule has 1 unspecified atom stereocenters. The van der Waals surface area contributed by atoms with E-state index in [1.54, 1.807) is 0 Å². The van der Waals surface area contributed by atoms with Crippen LogP contribution in [0.4, 0.5) is 0 Å². The highest BCUT2D eigenvalue weighted by atomic mass is 16.3. The summed E-state index contributed by atoms with van der Waals surface area (Å²) in [7, 11) is 0. The van der Waals surface area contributed by atoms with Crippen molar-refractivity contribution < 1.29 is 5.11 Å². The summed E-state index contributed by atoms with van der Waals surface area (Å²) < 4.78 is 0. The quantitative estimate of drug-likeness (QED) is 0.764. The van der Waals surface area contributed by atoms with Gasteiger partial charge in [-0.25, -0.2) is 0 Å². The molecule has 0 saturated carbocycles. The van der Waals surface area contributed by atoms with Crippen LogP contribution in [-0.2, 0) is 6.54 Å². The number of nitrogens with zero attached hydrogens (tertiary/aromatic N) is 2. The molecule has 1 rings (SSSR count). The molecule has 20 heavy (non-hydrogen) atoms. The number of aryl methyl sites for hydroxylation is 1. The van der Waals surface area contributed by atoms with E-state index in [2.05, 4.69) is 36.0 Å². The fourth-order valence-corrected chi connectivity index (χ4v) is 2.16. The number of aromatic nitrogens is 1. The Bertz CT molecular complexity index is 404. The molecular formula is C16H29N3O. The standard InChI is InChI=1S/C16H29N3O/c1-6-19(10-15-9-7-8-14(4)18-15)12-16(5,20)11-17-13(2)3/h7-9,13,17,20H,6,10-12H2,1-5H3. The first-order valence-electron chi connectivity index (χ1n) is 7.43. The molecule has 0 aliphatic rings. The molecule has 0 radical (unpaired) electrons. The topological polar surface area (TPSA) is 48.4 Å². The van der Waals surface area contributed by atoms with Gasteiger partial charge in [0.25, 0.3) is 0 Å².